The van der Waals surface area contributed by atoms with Gasteiger partial charge in [-0.25, -0.2) is 4.39 Å². The van der Waals surface area contributed by atoms with Crippen molar-refractivity contribution in [3.05, 3.63) is 46.9 Å². The van der Waals surface area contributed by atoms with Crippen LogP contribution in [0.3, 0.4) is 0 Å². The lowest BCUT2D eigenvalue weighted by Gasteiger charge is -2.30. The molecular weight excluding hydrogens is 448 g/mol. The lowest BCUT2D eigenvalue weighted by molar-refractivity contribution is -0.137. The molecule has 2 aromatic rings. The van der Waals surface area contributed by atoms with Gasteiger partial charge in [-0.2, -0.15) is 13.2 Å². The zero-order chi connectivity index (χ0) is 24.5. The van der Waals surface area contributed by atoms with Gasteiger partial charge in [0.2, 0.25) is 0 Å². The van der Waals surface area contributed by atoms with Crippen LogP contribution in [0.2, 0.25) is 0 Å². The van der Waals surface area contributed by atoms with Crippen molar-refractivity contribution in [2.45, 2.75) is 95.8 Å². The highest BCUT2D eigenvalue weighted by atomic mass is 19.4. The first kappa shape index (κ1) is 25.2. The Balaban J connectivity index is 1.72. The normalized spacial score (nSPS) is 23.3. The van der Waals surface area contributed by atoms with Crippen molar-refractivity contribution in [1.82, 2.24) is 9.88 Å². The maximum Gasteiger partial charge on any atom is 0.416 e. The van der Waals surface area contributed by atoms with E-state index in [0.29, 0.717) is 35.8 Å². The zero-order valence-electron chi connectivity index (χ0n) is 19.5. The Morgan fingerprint density at radius 2 is 1.71 bits per heavy atom. The second-order valence-electron chi connectivity index (χ2n) is 9.90. The first-order valence-electron chi connectivity index (χ1n) is 12.3. The minimum atomic E-state index is -4.58. The Labute approximate surface area is 198 Å². The van der Waals surface area contributed by atoms with E-state index in [2.05, 4.69) is 5.32 Å². The summed E-state index contributed by atoms with van der Waals surface area (Å²) in [5, 5.41) is 24.4. The fourth-order valence-corrected chi connectivity index (χ4v) is 5.53. The van der Waals surface area contributed by atoms with E-state index in [0.717, 1.165) is 63.1 Å². The molecule has 0 spiro atoms. The second kappa shape index (κ2) is 10.4. The first-order valence-corrected chi connectivity index (χ1v) is 12.3. The molecule has 8 heteroatoms. The van der Waals surface area contributed by atoms with Gasteiger partial charge < -0.3 is 14.8 Å². The third-order valence-corrected chi connectivity index (χ3v) is 7.54. The molecule has 2 saturated carbocycles. The first-order chi connectivity index (χ1) is 16.1. The minimum Gasteiger partial charge on any atom is -0.392 e. The third kappa shape index (κ3) is 5.50. The minimum absolute atomic E-state index is 0.120. The van der Waals surface area contributed by atoms with Crippen molar-refractivity contribution in [2.75, 3.05) is 0 Å². The molecule has 1 aromatic heterocycles. The maximum atomic E-state index is 14.9. The van der Waals surface area contributed by atoms with E-state index in [9.17, 15) is 27.8 Å². The molecule has 0 aliphatic heterocycles. The molecule has 3 N–H and O–H groups in total. The van der Waals surface area contributed by atoms with Crippen molar-refractivity contribution in [1.29, 1.82) is 0 Å². The number of hydrogen-bond acceptors (Lipinski definition) is 3. The Hall–Kier alpha value is -1.90. The number of hydrogen-bond donors (Lipinski definition) is 3. The van der Waals surface area contributed by atoms with Crippen LogP contribution >= 0.6 is 0 Å². The molecule has 0 radical (unpaired) electrons. The maximum absolute atomic E-state index is 14.9. The number of aliphatic hydroxyl groups excluding tert-OH is 2. The molecule has 2 unspecified atom stereocenters. The van der Waals surface area contributed by atoms with Crippen LogP contribution in [0, 0.1) is 18.7 Å². The molecular formula is C26H34F4N2O2. The van der Waals surface area contributed by atoms with Crippen LogP contribution in [0.4, 0.5) is 17.6 Å². The molecule has 3 atom stereocenters. The number of benzene rings is 1. The largest absolute Gasteiger partial charge is 0.416 e. The summed E-state index contributed by atoms with van der Waals surface area (Å²) in [4.78, 5) is 0. The SMILES string of the molecule is Cc1c(C(O)N[C@H]2CCCCC2O)cc(-c2cc(C(F)(F)F)ccc2F)n1CC1CCCCC1. The summed E-state index contributed by atoms with van der Waals surface area (Å²) in [7, 11) is 0. The number of aromatic nitrogens is 1. The van der Waals surface area contributed by atoms with E-state index in [1.54, 1.807) is 6.07 Å². The number of aliphatic hydroxyl groups is 2. The van der Waals surface area contributed by atoms with Crippen molar-refractivity contribution in [2.24, 2.45) is 5.92 Å². The monoisotopic (exact) mass is 482 g/mol. The molecule has 2 aliphatic carbocycles. The molecule has 2 fully saturated rings. The topological polar surface area (TPSA) is 57.4 Å². The second-order valence-corrected chi connectivity index (χ2v) is 9.90. The lowest BCUT2D eigenvalue weighted by atomic mass is 9.89. The van der Waals surface area contributed by atoms with Crippen LogP contribution in [0.25, 0.3) is 11.3 Å². The molecule has 188 valence electrons. The molecule has 0 bridgehead atoms. The number of nitrogens with one attached hydrogen (secondary N) is 1. The zero-order valence-corrected chi connectivity index (χ0v) is 19.5. The van der Waals surface area contributed by atoms with E-state index in [-0.39, 0.29) is 11.6 Å². The lowest BCUT2D eigenvalue weighted by Crippen LogP contribution is -2.43. The number of nitrogens with zero attached hydrogens (tertiary/aromatic N) is 1. The Bertz CT molecular complexity index is 982. The molecule has 0 amide bonds. The van der Waals surface area contributed by atoms with Crippen LogP contribution in [-0.4, -0.2) is 26.9 Å². The van der Waals surface area contributed by atoms with Gasteiger partial charge in [0.25, 0.3) is 0 Å². The third-order valence-electron chi connectivity index (χ3n) is 7.54. The van der Waals surface area contributed by atoms with Crippen LogP contribution in [-0.2, 0) is 12.7 Å². The van der Waals surface area contributed by atoms with E-state index in [1.807, 2.05) is 11.5 Å². The highest BCUT2D eigenvalue weighted by molar-refractivity contribution is 5.65. The molecule has 4 rings (SSSR count). The van der Waals surface area contributed by atoms with Gasteiger partial charge in [0.15, 0.2) is 0 Å². The van der Waals surface area contributed by atoms with Crippen LogP contribution in [0.5, 0.6) is 0 Å². The van der Waals surface area contributed by atoms with Gasteiger partial charge in [0.05, 0.1) is 17.4 Å². The van der Waals surface area contributed by atoms with Crippen LogP contribution in [0.1, 0.15) is 80.8 Å². The van der Waals surface area contributed by atoms with Gasteiger partial charge in [-0.1, -0.05) is 32.1 Å². The predicted molar refractivity (Wildman–Crippen MR) is 122 cm³/mol. The van der Waals surface area contributed by atoms with Crippen LogP contribution < -0.4 is 5.32 Å². The van der Waals surface area contributed by atoms with Gasteiger partial charge in [0, 0.05) is 29.4 Å². The average molecular weight is 483 g/mol. The smallest absolute Gasteiger partial charge is 0.392 e. The van der Waals surface area contributed by atoms with Crippen LogP contribution in [0.15, 0.2) is 24.3 Å². The quantitative estimate of drug-likeness (QED) is 0.345. The summed E-state index contributed by atoms with van der Waals surface area (Å²) in [6, 6.07) is 3.80. The predicted octanol–water partition coefficient (Wildman–Crippen LogP) is 6.09. The molecule has 4 nitrogen and oxygen atoms in total. The summed E-state index contributed by atoms with van der Waals surface area (Å²) in [6.07, 6.45) is 2.44. The molecule has 0 saturated heterocycles. The average Bonchev–Trinajstić information content (AvgIpc) is 3.11. The van der Waals surface area contributed by atoms with E-state index in [1.165, 1.54) is 6.42 Å². The molecule has 1 aromatic carbocycles. The van der Waals surface area contributed by atoms with Crippen molar-refractivity contribution in [3.63, 3.8) is 0 Å². The summed E-state index contributed by atoms with van der Waals surface area (Å²) in [5.41, 5.74) is 0.511. The van der Waals surface area contributed by atoms with E-state index >= 15 is 0 Å². The fraction of sp³-hybridized carbons (Fsp3) is 0.615. The standard InChI is InChI=1S/C26H34F4N2O2/c1-16-19(25(34)31-22-9-5-6-10-24(22)33)14-23(32(16)15-17-7-3-2-4-8-17)20-13-18(26(28,29)30)11-12-21(20)27/h11-14,17,22,24-25,31,33-34H,2-10,15H2,1H3/t22-,24?,25?/m0/s1. The van der Waals surface area contributed by atoms with Gasteiger partial charge in [-0.05, 0) is 62.8 Å². The van der Waals surface area contributed by atoms with E-state index in [4.69, 9.17) is 0 Å². The van der Waals surface area contributed by atoms with Gasteiger partial charge in [0.1, 0.15) is 12.0 Å². The van der Waals surface area contributed by atoms with Gasteiger partial charge in [-0.15, -0.1) is 0 Å². The summed E-state index contributed by atoms with van der Waals surface area (Å²) in [6.45, 7) is 2.38. The highest BCUT2D eigenvalue weighted by Crippen LogP contribution is 2.37. The Morgan fingerprint density at radius 3 is 2.38 bits per heavy atom. The highest BCUT2D eigenvalue weighted by Gasteiger charge is 2.33. The summed E-state index contributed by atoms with van der Waals surface area (Å²) < 4.78 is 56.9. The molecule has 2 aliphatic rings. The van der Waals surface area contributed by atoms with E-state index < -0.39 is 29.9 Å². The Kier molecular flexibility index (Phi) is 7.69. The van der Waals surface area contributed by atoms with Crippen molar-refractivity contribution >= 4 is 0 Å². The number of rotatable bonds is 6. The molecule has 34 heavy (non-hydrogen) atoms. The van der Waals surface area contributed by atoms with Crippen molar-refractivity contribution in [3.8, 4) is 11.3 Å². The summed E-state index contributed by atoms with van der Waals surface area (Å²) in [5.74, 6) is -0.377. The van der Waals surface area contributed by atoms with Gasteiger partial charge in [-0.3, -0.25) is 5.32 Å². The summed E-state index contributed by atoms with van der Waals surface area (Å²) >= 11 is 0. The van der Waals surface area contributed by atoms with Crippen molar-refractivity contribution < 1.29 is 27.8 Å². The van der Waals surface area contributed by atoms with Gasteiger partial charge >= 0.3 is 6.18 Å². The molecule has 1 heterocycles. The fourth-order valence-electron chi connectivity index (χ4n) is 5.53. The number of alkyl halides is 3. The Morgan fingerprint density at radius 1 is 1.03 bits per heavy atom. The number of halogens is 4.